The third-order valence-corrected chi connectivity index (χ3v) is 7.75. The number of hydrogen-bond donors (Lipinski definition) is 0. The molecular formula is C25H36F4. The third kappa shape index (κ3) is 7.00. The van der Waals surface area contributed by atoms with Crippen molar-refractivity contribution in [1.82, 2.24) is 0 Å². The van der Waals surface area contributed by atoms with Crippen molar-refractivity contribution in [2.75, 3.05) is 0 Å². The molecule has 0 amide bonds. The summed E-state index contributed by atoms with van der Waals surface area (Å²) < 4.78 is 50.7. The van der Waals surface area contributed by atoms with E-state index in [4.69, 9.17) is 0 Å². The molecular weight excluding hydrogens is 376 g/mol. The van der Waals surface area contributed by atoms with Crippen LogP contribution in [0.5, 0.6) is 0 Å². The Morgan fingerprint density at radius 1 is 0.655 bits per heavy atom. The van der Waals surface area contributed by atoms with Crippen molar-refractivity contribution < 1.29 is 17.6 Å². The zero-order valence-electron chi connectivity index (χ0n) is 17.5. The van der Waals surface area contributed by atoms with E-state index in [9.17, 15) is 17.6 Å². The molecule has 0 aromatic heterocycles. The topological polar surface area (TPSA) is 0 Å². The predicted octanol–water partition coefficient (Wildman–Crippen LogP) is 8.56. The molecule has 3 aliphatic rings. The summed E-state index contributed by atoms with van der Waals surface area (Å²) in [7, 11) is 0. The van der Waals surface area contributed by atoms with Gasteiger partial charge in [0.15, 0.2) is 0 Å². The van der Waals surface area contributed by atoms with E-state index in [1.165, 1.54) is 51.4 Å². The number of alkyl halides is 3. The van der Waals surface area contributed by atoms with Crippen molar-refractivity contribution in [3.8, 4) is 0 Å². The highest BCUT2D eigenvalue weighted by molar-refractivity contribution is 5.05. The first kappa shape index (κ1) is 22.6. The van der Waals surface area contributed by atoms with Crippen molar-refractivity contribution in [3.63, 3.8) is 0 Å². The minimum absolute atomic E-state index is 0.157. The fourth-order valence-electron chi connectivity index (χ4n) is 5.84. The molecule has 0 unspecified atom stereocenters. The third-order valence-electron chi connectivity index (χ3n) is 7.75. The molecule has 164 valence electrons. The largest absolute Gasteiger partial charge is 0.412 e. The molecule has 3 saturated carbocycles. The lowest BCUT2D eigenvalue weighted by molar-refractivity contribution is -0.0820. The normalized spacial score (nSPS) is 37.6. The first-order chi connectivity index (χ1) is 13.8. The Hall–Kier alpha value is -1.06. The van der Waals surface area contributed by atoms with E-state index >= 15 is 0 Å². The molecule has 29 heavy (non-hydrogen) atoms. The predicted molar refractivity (Wildman–Crippen MR) is 111 cm³/mol. The second kappa shape index (κ2) is 10.3. The molecule has 3 rings (SSSR count). The highest BCUT2D eigenvalue weighted by atomic mass is 19.4. The van der Waals surface area contributed by atoms with E-state index in [0.717, 1.165) is 30.6 Å². The van der Waals surface area contributed by atoms with Crippen LogP contribution in [0.1, 0.15) is 77.0 Å². The van der Waals surface area contributed by atoms with Crippen LogP contribution in [0.15, 0.2) is 36.7 Å². The van der Waals surface area contributed by atoms with Crippen LogP contribution in [0.25, 0.3) is 0 Å². The lowest BCUT2D eigenvalue weighted by Crippen LogP contribution is -2.25. The number of allylic oxidation sites excluding steroid dienone is 5. The Bertz CT molecular complexity index is 564. The van der Waals surface area contributed by atoms with Crippen molar-refractivity contribution in [2.24, 2.45) is 35.5 Å². The molecule has 0 spiro atoms. The number of halogens is 4. The summed E-state index contributed by atoms with van der Waals surface area (Å²) >= 11 is 0. The van der Waals surface area contributed by atoms with Crippen molar-refractivity contribution in [3.05, 3.63) is 36.7 Å². The molecule has 0 atom stereocenters. The summed E-state index contributed by atoms with van der Waals surface area (Å²) in [6.07, 6.45) is 15.2. The van der Waals surface area contributed by atoms with E-state index in [0.29, 0.717) is 24.7 Å². The standard InChI is InChI=1S/C25H36F4/c1-2-18-5-11-21(12-6-18)22-13-7-19(8-14-22)3-4-20-9-15-23(16-10-20)24(26)17-25(27,28)29/h2-4,17-23H,1,5-16H2. The van der Waals surface area contributed by atoms with E-state index in [1.807, 2.05) is 0 Å². The molecule has 3 fully saturated rings. The quantitative estimate of drug-likeness (QED) is 0.313. The van der Waals surface area contributed by atoms with Crippen LogP contribution in [-0.2, 0) is 0 Å². The Morgan fingerprint density at radius 3 is 1.48 bits per heavy atom. The van der Waals surface area contributed by atoms with Crippen LogP contribution in [0.2, 0.25) is 0 Å². The molecule has 0 nitrogen and oxygen atoms in total. The maximum absolute atomic E-state index is 13.7. The van der Waals surface area contributed by atoms with Gasteiger partial charge in [-0.05, 0) is 107 Å². The second-order valence-corrected chi connectivity index (χ2v) is 9.65. The molecule has 0 N–H and O–H groups in total. The van der Waals surface area contributed by atoms with Gasteiger partial charge in [-0.3, -0.25) is 0 Å². The van der Waals surface area contributed by atoms with Gasteiger partial charge in [0.1, 0.15) is 5.83 Å². The highest BCUT2D eigenvalue weighted by Gasteiger charge is 2.31. The van der Waals surface area contributed by atoms with Gasteiger partial charge in [0.25, 0.3) is 0 Å². The van der Waals surface area contributed by atoms with Crippen molar-refractivity contribution >= 4 is 0 Å². The fourth-order valence-corrected chi connectivity index (χ4v) is 5.84. The van der Waals surface area contributed by atoms with E-state index in [2.05, 4.69) is 24.8 Å². The summed E-state index contributed by atoms with van der Waals surface area (Å²) in [5, 5.41) is 0. The molecule has 0 aliphatic heterocycles. The van der Waals surface area contributed by atoms with Crippen LogP contribution in [0.4, 0.5) is 17.6 Å². The molecule has 3 aliphatic carbocycles. The highest BCUT2D eigenvalue weighted by Crippen LogP contribution is 2.42. The van der Waals surface area contributed by atoms with Crippen LogP contribution >= 0.6 is 0 Å². The van der Waals surface area contributed by atoms with Gasteiger partial charge in [-0.15, -0.1) is 6.58 Å². The number of rotatable bonds is 5. The van der Waals surface area contributed by atoms with Crippen molar-refractivity contribution in [1.29, 1.82) is 0 Å². The minimum Gasteiger partial charge on any atom is -0.212 e. The minimum atomic E-state index is -4.55. The van der Waals surface area contributed by atoms with Gasteiger partial charge in [0.05, 0.1) is 6.08 Å². The Kier molecular flexibility index (Phi) is 8.04. The summed E-state index contributed by atoms with van der Waals surface area (Å²) in [5.41, 5.74) is 0. The summed E-state index contributed by atoms with van der Waals surface area (Å²) in [6, 6.07) is 0. The van der Waals surface area contributed by atoms with Crippen LogP contribution in [0, 0.1) is 35.5 Å². The first-order valence-corrected chi connectivity index (χ1v) is 11.6. The lowest BCUT2D eigenvalue weighted by atomic mass is 9.69. The van der Waals surface area contributed by atoms with Gasteiger partial charge in [0, 0.05) is 5.92 Å². The van der Waals surface area contributed by atoms with Gasteiger partial charge in [0.2, 0.25) is 0 Å². The van der Waals surface area contributed by atoms with Crippen LogP contribution in [-0.4, -0.2) is 6.18 Å². The summed E-state index contributed by atoms with van der Waals surface area (Å²) in [6.45, 7) is 3.94. The van der Waals surface area contributed by atoms with Gasteiger partial charge >= 0.3 is 6.18 Å². The molecule has 0 aromatic rings. The van der Waals surface area contributed by atoms with Crippen molar-refractivity contribution in [2.45, 2.75) is 83.2 Å². The van der Waals surface area contributed by atoms with Gasteiger partial charge < -0.3 is 0 Å². The van der Waals surface area contributed by atoms with Crippen LogP contribution in [0.3, 0.4) is 0 Å². The second-order valence-electron chi connectivity index (χ2n) is 9.65. The average molecular weight is 413 g/mol. The average Bonchev–Trinajstić information content (AvgIpc) is 2.72. The lowest BCUT2D eigenvalue weighted by Gasteiger charge is -2.37. The summed E-state index contributed by atoms with van der Waals surface area (Å²) in [4.78, 5) is 0. The number of hydrogen-bond acceptors (Lipinski definition) is 0. The maximum Gasteiger partial charge on any atom is 0.412 e. The summed E-state index contributed by atoms with van der Waals surface area (Å²) in [5.74, 6) is 2.05. The fraction of sp³-hybridized carbons (Fsp3) is 0.760. The van der Waals surface area contributed by atoms with Gasteiger partial charge in [-0.2, -0.15) is 13.2 Å². The zero-order valence-corrected chi connectivity index (χ0v) is 17.5. The van der Waals surface area contributed by atoms with E-state index < -0.39 is 17.9 Å². The SMILES string of the molecule is C=CC1CCC(C2CCC(C=CC3CCC(C(F)=CC(F)(F)F)CC3)CC2)CC1. The molecule has 0 bridgehead atoms. The Labute approximate surface area is 173 Å². The molecule has 4 heteroatoms. The van der Waals surface area contributed by atoms with E-state index in [1.54, 1.807) is 0 Å². The van der Waals surface area contributed by atoms with Gasteiger partial charge in [-0.1, -0.05) is 18.2 Å². The molecule has 0 aromatic carbocycles. The Morgan fingerprint density at radius 2 is 1.07 bits per heavy atom. The monoisotopic (exact) mass is 412 g/mol. The van der Waals surface area contributed by atoms with Gasteiger partial charge in [-0.25, -0.2) is 4.39 Å². The zero-order chi connectivity index (χ0) is 20.9. The molecule has 0 radical (unpaired) electrons. The maximum atomic E-state index is 13.7. The van der Waals surface area contributed by atoms with Crippen LogP contribution < -0.4 is 0 Å². The van der Waals surface area contributed by atoms with E-state index in [-0.39, 0.29) is 6.08 Å². The smallest absolute Gasteiger partial charge is 0.212 e. The Balaban J connectivity index is 1.37. The first-order valence-electron chi connectivity index (χ1n) is 11.6. The molecule has 0 saturated heterocycles. The molecule has 0 heterocycles.